The molecule has 3 rings (SSSR count). The van der Waals surface area contributed by atoms with Crippen LogP contribution in [0.2, 0.25) is 0 Å². The summed E-state index contributed by atoms with van der Waals surface area (Å²) in [5.74, 6) is 0. The van der Waals surface area contributed by atoms with Crippen LogP contribution in [0, 0.1) is 11.3 Å². The van der Waals surface area contributed by atoms with Gasteiger partial charge in [0.15, 0.2) is 5.60 Å². The highest BCUT2D eigenvalue weighted by atomic mass is 16.5. The fraction of sp³-hybridized carbons (Fsp3) is 0.261. The van der Waals surface area contributed by atoms with Crippen LogP contribution < -0.4 is 0 Å². The average Bonchev–Trinajstić information content (AvgIpc) is 2.69. The summed E-state index contributed by atoms with van der Waals surface area (Å²) in [5.41, 5.74) is 3.93. The number of hydrogen-bond acceptors (Lipinski definition) is 2. The summed E-state index contributed by atoms with van der Waals surface area (Å²) < 4.78 is 5.83. The first-order valence-corrected chi connectivity index (χ1v) is 8.87. The quantitative estimate of drug-likeness (QED) is 0.630. The Morgan fingerprint density at radius 2 is 1.68 bits per heavy atom. The van der Waals surface area contributed by atoms with Crippen molar-refractivity contribution in [1.82, 2.24) is 0 Å². The summed E-state index contributed by atoms with van der Waals surface area (Å²) in [6.07, 6.45) is 8.67. The highest BCUT2D eigenvalue weighted by Gasteiger charge is 2.29. The number of nitriles is 1. The molecule has 0 radical (unpaired) electrons. The van der Waals surface area contributed by atoms with Gasteiger partial charge in [0.2, 0.25) is 0 Å². The van der Waals surface area contributed by atoms with Crippen LogP contribution in [0.4, 0.5) is 0 Å². The molecule has 0 fully saturated rings. The Morgan fingerprint density at radius 1 is 1.00 bits per heavy atom. The van der Waals surface area contributed by atoms with Gasteiger partial charge in [0.25, 0.3) is 0 Å². The average molecular weight is 329 g/mol. The number of hydrogen-bond donors (Lipinski definition) is 0. The molecule has 0 spiro atoms. The third-order valence-corrected chi connectivity index (χ3v) is 4.53. The summed E-state index contributed by atoms with van der Waals surface area (Å²) in [4.78, 5) is 0. The predicted octanol–water partition coefficient (Wildman–Crippen LogP) is 5.78. The Balaban J connectivity index is 1.72. The number of unbranched alkanes of at least 4 members (excludes halogenated alkanes) is 1. The second kappa shape index (κ2) is 7.96. The molecule has 1 aliphatic rings. The van der Waals surface area contributed by atoms with Crippen molar-refractivity contribution in [1.29, 1.82) is 5.26 Å². The molecule has 2 nitrogen and oxygen atoms in total. The van der Waals surface area contributed by atoms with Crippen molar-refractivity contribution in [2.24, 2.45) is 0 Å². The third-order valence-electron chi connectivity index (χ3n) is 4.53. The number of benzene rings is 2. The maximum Gasteiger partial charge on any atom is 0.176 e. The number of nitrogens with zero attached hydrogens (tertiary/aromatic N) is 1. The Morgan fingerprint density at radius 3 is 2.28 bits per heavy atom. The number of allylic oxidation sites excluding steroid dienone is 2. The van der Waals surface area contributed by atoms with Gasteiger partial charge in [0, 0.05) is 13.0 Å². The van der Waals surface area contributed by atoms with E-state index in [4.69, 9.17) is 4.74 Å². The van der Waals surface area contributed by atoms with Crippen molar-refractivity contribution in [3.8, 4) is 17.2 Å². The van der Waals surface area contributed by atoms with Crippen molar-refractivity contribution in [2.75, 3.05) is 6.61 Å². The van der Waals surface area contributed by atoms with Crippen LogP contribution in [0.25, 0.3) is 16.7 Å². The van der Waals surface area contributed by atoms with Crippen molar-refractivity contribution < 1.29 is 4.74 Å². The molecule has 2 aromatic rings. The van der Waals surface area contributed by atoms with Gasteiger partial charge in [-0.2, -0.15) is 5.26 Å². The van der Waals surface area contributed by atoms with E-state index in [0.717, 1.165) is 24.0 Å². The van der Waals surface area contributed by atoms with Gasteiger partial charge < -0.3 is 4.74 Å². The Kier molecular flexibility index (Phi) is 5.48. The van der Waals surface area contributed by atoms with Crippen molar-refractivity contribution in [2.45, 2.75) is 31.8 Å². The second-order valence-corrected chi connectivity index (χ2v) is 6.34. The van der Waals surface area contributed by atoms with Crippen LogP contribution in [0.1, 0.15) is 31.7 Å². The molecule has 0 amide bonds. The van der Waals surface area contributed by atoms with E-state index in [1.54, 1.807) is 0 Å². The lowest BCUT2D eigenvalue weighted by Gasteiger charge is -2.25. The molecule has 0 aromatic heterocycles. The summed E-state index contributed by atoms with van der Waals surface area (Å²) in [6.45, 7) is 2.75. The molecule has 0 saturated heterocycles. The van der Waals surface area contributed by atoms with E-state index in [1.165, 1.54) is 11.1 Å². The molecule has 0 N–H and O–H groups in total. The lowest BCUT2D eigenvalue weighted by atomic mass is 9.90. The molecule has 1 aliphatic carbocycles. The molecule has 25 heavy (non-hydrogen) atoms. The van der Waals surface area contributed by atoms with Crippen LogP contribution in [-0.2, 0) is 4.74 Å². The molecule has 0 bridgehead atoms. The van der Waals surface area contributed by atoms with Crippen LogP contribution in [0.5, 0.6) is 0 Å². The first-order chi connectivity index (χ1) is 12.3. The standard InChI is InChI=1S/C23H23NO/c1-2-3-17-25-23(18-24)15-13-22(14-16-23)21-11-9-20(10-12-21)19-7-5-4-6-8-19/h4-15H,2-3,16-17H2,1H3. The van der Waals surface area contributed by atoms with E-state index in [-0.39, 0.29) is 0 Å². The zero-order chi connectivity index (χ0) is 17.5. The second-order valence-electron chi connectivity index (χ2n) is 6.34. The lowest BCUT2D eigenvalue weighted by Crippen LogP contribution is -2.29. The monoisotopic (exact) mass is 329 g/mol. The van der Waals surface area contributed by atoms with Crippen LogP contribution in [-0.4, -0.2) is 12.2 Å². The molecule has 0 heterocycles. The fourth-order valence-corrected chi connectivity index (χ4v) is 2.94. The van der Waals surface area contributed by atoms with Gasteiger partial charge >= 0.3 is 0 Å². The Hall–Kier alpha value is -2.63. The lowest BCUT2D eigenvalue weighted by molar-refractivity contribution is 0.0331. The van der Waals surface area contributed by atoms with Gasteiger partial charge in [0.1, 0.15) is 6.07 Å². The number of rotatable bonds is 6. The van der Waals surface area contributed by atoms with Gasteiger partial charge in [-0.25, -0.2) is 0 Å². The van der Waals surface area contributed by atoms with Gasteiger partial charge in [-0.05, 0) is 34.8 Å². The minimum atomic E-state index is -0.803. The fourth-order valence-electron chi connectivity index (χ4n) is 2.94. The highest BCUT2D eigenvalue weighted by molar-refractivity contribution is 5.77. The summed E-state index contributed by atoms with van der Waals surface area (Å²) in [7, 11) is 0. The molecule has 2 heteroatoms. The third kappa shape index (κ3) is 4.07. The van der Waals surface area contributed by atoms with Crippen LogP contribution in [0.3, 0.4) is 0 Å². The molecule has 0 aliphatic heterocycles. The zero-order valence-corrected chi connectivity index (χ0v) is 14.6. The van der Waals surface area contributed by atoms with Gasteiger partial charge in [0.05, 0.1) is 0 Å². The normalized spacial score (nSPS) is 19.3. The van der Waals surface area contributed by atoms with E-state index in [2.05, 4.69) is 67.6 Å². The summed E-state index contributed by atoms with van der Waals surface area (Å²) in [5, 5.41) is 9.50. The van der Waals surface area contributed by atoms with Gasteiger partial charge in [-0.15, -0.1) is 0 Å². The SMILES string of the molecule is CCCCOC1(C#N)C=CC(c2ccc(-c3ccccc3)cc2)=CC1. The van der Waals surface area contributed by atoms with Crippen molar-refractivity contribution in [3.05, 3.63) is 78.4 Å². The zero-order valence-electron chi connectivity index (χ0n) is 14.6. The summed E-state index contributed by atoms with van der Waals surface area (Å²) in [6, 6.07) is 21.2. The largest absolute Gasteiger partial charge is 0.356 e. The van der Waals surface area contributed by atoms with Gasteiger partial charge in [-0.1, -0.05) is 80.1 Å². The van der Waals surface area contributed by atoms with E-state index < -0.39 is 5.60 Å². The molecular formula is C23H23NO. The maximum atomic E-state index is 9.50. The Bertz CT molecular complexity index is 796. The first-order valence-electron chi connectivity index (χ1n) is 8.87. The molecular weight excluding hydrogens is 306 g/mol. The summed E-state index contributed by atoms with van der Waals surface area (Å²) >= 11 is 0. The van der Waals surface area contributed by atoms with E-state index >= 15 is 0 Å². The number of ether oxygens (including phenoxy) is 1. The Labute approximate surface area is 150 Å². The van der Waals surface area contributed by atoms with Gasteiger partial charge in [-0.3, -0.25) is 0 Å². The van der Waals surface area contributed by atoms with E-state index in [0.29, 0.717) is 13.0 Å². The predicted molar refractivity (Wildman–Crippen MR) is 103 cm³/mol. The minimum Gasteiger partial charge on any atom is -0.356 e. The molecule has 1 unspecified atom stereocenters. The van der Waals surface area contributed by atoms with Crippen LogP contribution in [0.15, 0.2) is 72.8 Å². The van der Waals surface area contributed by atoms with Crippen molar-refractivity contribution >= 4 is 5.57 Å². The van der Waals surface area contributed by atoms with Crippen LogP contribution >= 0.6 is 0 Å². The topological polar surface area (TPSA) is 33.0 Å². The molecule has 126 valence electrons. The van der Waals surface area contributed by atoms with E-state index in [1.807, 2.05) is 18.2 Å². The smallest absolute Gasteiger partial charge is 0.176 e. The maximum absolute atomic E-state index is 9.50. The molecule has 1 atom stereocenters. The highest BCUT2D eigenvalue weighted by Crippen LogP contribution is 2.30. The van der Waals surface area contributed by atoms with E-state index in [9.17, 15) is 5.26 Å². The first kappa shape index (κ1) is 17.2. The van der Waals surface area contributed by atoms with Crippen molar-refractivity contribution in [3.63, 3.8) is 0 Å². The molecule has 0 saturated carbocycles. The minimum absolute atomic E-state index is 0.597. The molecule has 2 aromatic carbocycles.